The molecule has 0 aliphatic carbocycles. The normalized spacial score (nSPS) is 10.3. The number of anilines is 2. The highest BCUT2D eigenvalue weighted by Gasteiger charge is 2.10. The molecule has 0 fully saturated rings. The zero-order chi connectivity index (χ0) is 21.5. The summed E-state index contributed by atoms with van der Waals surface area (Å²) in [4.78, 5) is 35.6. The third kappa shape index (κ3) is 5.68. The van der Waals surface area contributed by atoms with Crippen molar-refractivity contribution in [2.45, 2.75) is 11.8 Å². The van der Waals surface area contributed by atoms with Crippen LogP contribution in [0.25, 0.3) is 0 Å². The van der Waals surface area contributed by atoms with E-state index in [1.807, 2.05) is 37.3 Å². The Balaban J connectivity index is 1.56. The van der Waals surface area contributed by atoms with E-state index in [0.29, 0.717) is 16.9 Å². The van der Waals surface area contributed by atoms with Crippen molar-refractivity contribution in [3.05, 3.63) is 94.0 Å². The summed E-state index contributed by atoms with van der Waals surface area (Å²) in [6.07, 6.45) is 0. The van der Waals surface area contributed by atoms with Gasteiger partial charge in [0.2, 0.25) is 5.91 Å². The molecule has 3 rings (SSSR count). The lowest BCUT2D eigenvalue weighted by atomic mass is 10.1. The lowest BCUT2D eigenvalue weighted by Gasteiger charge is -2.09. The Hall–Kier alpha value is -3.65. The Labute approximate surface area is 177 Å². The number of hydrogen-bond acceptors (Lipinski definition) is 5. The predicted molar refractivity (Wildman–Crippen MR) is 118 cm³/mol. The van der Waals surface area contributed by atoms with Gasteiger partial charge in [-0.2, -0.15) is 0 Å². The van der Waals surface area contributed by atoms with E-state index in [4.69, 9.17) is 0 Å². The predicted octanol–water partition coefficient (Wildman–Crippen LogP) is 4.89. The van der Waals surface area contributed by atoms with E-state index < -0.39 is 4.92 Å². The van der Waals surface area contributed by atoms with E-state index >= 15 is 0 Å². The van der Waals surface area contributed by atoms with E-state index in [-0.39, 0.29) is 23.3 Å². The van der Waals surface area contributed by atoms with Crippen LogP contribution in [-0.4, -0.2) is 22.5 Å². The number of amides is 2. The average molecular weight is 421 g/mol. The van der Waals surface area contributed by atoms with Crippen molar-refractivity contribution >= 4 is 40.6 Å². The van der Waals surface area contributed by atoms with Gasteiger partial charge in [-0.15, -0.1) is 11.8 Å². The van der Waals surface area contributed by atoms with Gasteiger partial charge in [-0.1, -0.05) is 24.3 Å². The quantitative estimate of drug-likeness (QED) is 0.321. The first-order valence-electron chi connectivity index (χ1n) is 9.06. The minimum atomic E-state index is -0.494. The van der Waals surface area contributed by atoms with Crippen molar-refractivity contribution in [3.63, 3.8) is 0 Å². The van der Waals surface area contributed by atoms with Crippen LogP contribution in [0.15, 0.2) is 77.7 Å². The largest absolute Gasteiger partial charge is 0.325 e. The molecule has 0 heterocycles. The van der Waals surface area contributed by atoms with Gasteiger partial charge in [0, 0.05) is 34.0 Å². The molecule has 8 heteroatoms. The number of hydrogen-bond donors (Lipinski definition) is 2. The van der Waals surface area contributed by atoms with Crippen LogP contribution in [0.1, 0.15) is 15.9 Å². The number of nitro benzene ring substituents is 1. The summed E-state index contributed by atoms with van der Waals surface area (Å²) in [7, 11) is 0. The molecule has 0 bridgehead atoms. The monoisotopic (exact) mass is 421 g/mol. The number of carbonyl (C=O) groups excluding carboxylic acids is 2. The van der Waals surface area contributed by atoms with Gasteiger partial charge in [-0.25, -0.2) is 0 Å². The fraction of sp³-hybridized carbons (Fsp3) is 0.0909. The van der Waals surface area contributed by atoms with E-state index in [2.05, 4.69) is 10.6 Å². The summed E-state index contributed by atoms with van der Waals surface area (Å²) >= 11 is 1.32. The molecule has 30 heavy (non-hydrogen) atoms. The number of thioether (sulfide) groups is 1. The summed E-state index contributed by atoms with van der Waals surface area (Å²) in [5, 5.41) is 16.2. The summed E-state index contributed by atoms with van der Waals surface area (Å²) in [6.45, 7) is 1.88. The van der Waals surface area contributed by atoms with E-state index in [1.165, 1.54) is 36.0 Å². The van der Waals surface area contributed by atoms with Crippen LogP contribution in [0, 0.1) is 17.0 Å². The molecule has 0 aliphatic rings. The van der Waals surface area contributed by atoms with Gasteiger partial charge >= 0.3 is 0 Å². The first-order chi connectivity index (χ1) is 14.4. The second kappa shape index (κ2) is 9.71. The van der Waals surface area contributed by atoms with Gasteiger partial charge in [0.25, 0.3) is 11.6 Å². The van der Waals surface area contributed by atoms with Gasteiger partial charge in [-0.05, 0) is 48.9 Å². The molecule has 0 spiro atoms. The molecular weight excluding hydrogens is 402 g/mol. The number of rotatable bonds is 7. The number of nitro groups is 1. The number of benzene rings is 3. The molecule has 152 valence electrons. The SMILES string of the molecule is Cc1ccccc1C(=O)Nc1cccc(SCC(=O)Nc2ccc([N+](=O)[O-])cc2)c1. The Morgan fingerprint density at radius 2 is 1.67 bits per heavy atom. The smallest absolute Gasteiger partial charge is 0.269 e. The number of nitrogens with one attached hydrogen (secondary N) is 2. The van der Waals surface area contributed by atoms with Crippen LogP contribution >= 0.6 is 11.8 Å². The maximum absolute atomic E-state index is 12.5. The molecule has 0 saturated carbocycles. The maximum atomic E-state index is 12.5. The topological polar surface area (TPSA) is 101 Å². The maximum Gasteiger partial charge on any atom is 0.269 e. The van der Waals surface area contributed by atoms with Gasteiger partial charge in [0.1, 0.15) is 0 Å². The molecule has 7 nitrogen and oxygen atoms in total. The second-order valence-electron chi connectivity index (χ2n) is 6.44. The molecule has 0 unspecified atom stereocenters. The third-order valence-electron chi connectivity index (χ3n) is 4.21. The minimum Gasteiger partial charge on any atom is -0.325 e. The van der Waals surface area contributed by atoms with Crippen molar-refractivity contribution in [1.29, 1.82) is 0 Å². The number of carbonyl (C=O) groups is 2. The van der Waals surface area contributed by atoms with Crippen molar-refractivity contribution < 1.29 is 14.5 Å². The van der Waals surface area contributed by atoms with Gasteiger partial charge < -0.3 is 10.6 Å². The van der Waals surface area contributed by atoms with Crippen LogP contribution in [0.5, 0.6) is 0 Å². The third-order valence-corrected chi connectivity index (χ3v) is 5.21. The lowest BCUT2D eigenvalue weighted by molar-refractivity contribution is -0.384. The van der Waals surface area contributed by atoms with Crippen molar-refractivity contribution in [1.82, 2.24) is 0 Å². The molecule has 0 radical (unpaired) electrons. The summed E-state index contributed by atoms with van der Waals surface area (Å²) in [5.41, 5.74) is 2.60. The molecule has 2 N–H and O–H groups in total. The van der Waals surface area contributed by atoms with E-state index in [0.717, 1.165) is 10.5 Å². The Morgan fingerprint density at radius 1 is 0.933 bits per heavy atom. The van der Waals surface area contributed by atoms with Crippen molar-refractivity contribution in [2.75, 3.05) is 16.4 Å². The van der Waals surface area contributed by atoms with Gasteiger partial charge in [0.05, 0.1) is 10.7 Å². The number of non-ortho nitro benzene ring substituents is 1. The number of nitrogens with zero attached hydrogens (tertiary/aromatic N) is 1. The van der Waals surface area contributed by atoms with Crippen molar-refractivity contribution in [2.24, 2.45) is 0 Å². The molecule has 0 aliphatic heterocycles. The zero-order valence-corrected chi connectivity index (χ0v) is 16.9. The molecule has 0 saturated heterocycles. The molecule has 0 aromatic heterocycles. The van der Waals surface area contributed by atoms with Gasteiger partial charge in [0.15, 0.2) is 0 Å². The Bertz CT molecular complexity index is 1080. The molecule has 3 aromatic rings. The zero-order valence-electron chi connectivity index (χ0n) is 16.1. The lowest BCUT2D eigenvalue weighted by Crippen LogP contribution is -2.14. The summed E-state index contributed by atoms with van der Waals surface area (Å²) < 4.78 is 0. The molecule has 0 atom stereocenters. The second-order valence-corrected chi connectivity index (χ2v) is 7.49. The highest BCUT2D eigenvalue weighted by atomic mass is 32.2. The van der Waals surface area contributed by atoms with Crippen LogP contribution in [0.2, 0.25) is 0 Å². The van der Waals surface area contributed by atoms with Crippen molar-refractivity contribution in [3.8, 4) is 0 Å². The van der Waals surface area contributed by atoms with Crippen LogP contribution in [0.4, 0.5) is 17.1 Å². The highest BCUT2D eigenvalue weighted by molar-refractivity contribution is 8.00. The average Bonchev–Trinajstić information content (AvgIpc) is 2.73. The standard InChI is InChI=1S/C22H19N3O4S/c1-15-5-2-3-8-20(15)22(27)24-17-6-4-7-19(13-17)30-14-21(26)23-16-9-11-18(12-10-16)25(28)29/h2-13H,14H2,1H3,(H,23,26)(H,24,27). The first kappa shape index (κ1) is 21.1. The van der Waals surface area contributed by atoms with Crippen LogP contribution in [-0.2, 0) is 4.79 Å². The first-order valence-corrected chi connectivity index (χ1v) is 10.0. The summed E-state index contributed by atoms with van der Waals surface area (Å²) in [5.74, 6) is -0.263. The molecule has 2 amide bonds. The van der Waals surface area contributed by atoms with Crippen LogP contribution < -0.4 is 10.6 Å². The highest BCUT2D eigenvalue weighted by Crippen LogP contribution is 2.23. The minimum absolute atomic E-state index is 0.0352. The number of aryl methyl sites for hydroxylation is 1. The van der Waals surface area contributed by atoms with Crippen LogP contribution in [0.3, 0.4) is 0 Å². The Kier molecular flexibility index (Phi) is 6.82. The fourth-order valence-electron chi connectivity index (χ4n) is 2.70. The summed E-state index contributed by atoms with van der Waals surface area (Å²) in [6, 6.07) is 20.3. The van der Waals surface area contributed by atoms with E-state index in [9.17, 15) is 19.7 Å². The Morgan fingerprint density at radius 3 is 2.37 bits per heavy atom. The van der Waals surface area contributed by atoms with E-state index in [1.54, 1.807) is 18.2 Å². The fourth-order valence-corrected chi connectivity index (χ4v) is 3.46. The molecular formula is C22H19N3O4S. The molecule has 3 aromatic carbocycles. The van der Waals surface area contributed by atoms with Gasteiger partial charge in [-0.3, -0.25) is 19.7 Å².